The number of methoxy groups -OCH3 is 2. The number of thioether (sulfide) groups is 1. The molecule has 0 unspecified atom stereocenters. The second-order valence-corrected chi connectivity index (χ2v) is 8.11. The van der Waals surface area contributed by atoms with Crippen molar-refractivity contribution in [1.29, 1.82) is 0 Å². The fraction of sp³-hybridized carbons (Fsp3) is 0.261. The first kappa shape index (κ1) is 26.9. The molecule has 0 aliphatic carbocycles. The summed E-state index contributed by atoms with van der Waals surface area (Å²) in [6, 6.07) is 7.00. The van der Waals surface area contributed by atoms with Crippen LogP contribution in [0.25, 0.3) is 11.4 Å². The molecular formula is C23H18F4N4O6S. The summed E-state index contributed by atoms with van der Waals surface area (Å²) in [5.74, 6) is -2.54. The normalized spacial score (nSPS) is 13.9. The molecule has 4 rings (SSSR count). The van der Waals surface area contributed by atoms with Crippen molar-refractivity contribution in [2.45, 2.75) is 6.18 Å². The smallest absolute Gasteiger partial charge is 0.471 e. The summed E-state index contributed by atoms with van der Waals surface area (Å²) in [6.07, 6.45) is -4.13. The third-order valence-electron chi connectivity index (χ3n) is 4.99. The minimum atomic E-state index is -4.79. The van der Waals surface area contributed by atoms with E-state index in [2.05, 4.69) is 29.4 Å². The molecule has 0 bridgehead atoms. The van der Waals surface area contributed by atoms with E-state index in [0.717, 1.165) is 18.9 Å². The average Bonchev–Trinajstić information content (AvgIpc) is 3.43. The summed E-state index contributed by atoms with van der Waals surface area (Å²) in [7, 11) is 2.50. The Morgan fingerprint density at radius 2 is 1.79 bits per heavy atom. The zero-order valence-corrected chi connectivity index (χ0v) is 20.8. The number of hydrogen-bond donors (Lipinski definition) is 0. The second-order valence-electron chi connectivity index (χ2n) is 7.31. The SMILES string of the molecule is COC(=O)/N=C(SC)/C(=N/c1ccc(-c2noc(C(F)(F)F)n2)cc1)c1cc(OC)c2c(c1F)OCCO2. The van der Waals surface area contributed by atoms with Crippen molar-refractivity contribution < 1.29 is 45.8 Å². The molecule has 0 saturated carbocycles. The molecule has 200 valence electrons. The lowest BCUT2D eigenvalue weighted by Gasteiger charge is -2.23. The number of aliphatic imine (C=N–C) groups is 2. The number of rotatable bonds is 5. The number of ether oxygens (including phenoxy) is 4. The summed E-state index contributed by atoms with van der Waals surface area (Å²) >= 11 is 1.00. The minimum Gasteiger partial charge on any atom is -0.493 e. The van der Waals surface area contributed by atoms with Gasteiger partial charge in [-0.15, -0.1) is 11.8 Å². The van der Waals surface area contributed by atoms with Crippen molar-refractivity contribution in [3.8, 4) is 28.6 Å². The van der Waals surface area contributed by atoms with Gasteiger partial charge in [0.05, 0.1) is 19.9 Å². The van der Waals surface area contributed by atoms with Gasteiger partial charge in [-0.3, -0.25) is 0 Å². The number of aromatic nitrogens is 2. The molecule has 0 N–H and O–H groups in total. The summed E-state index contributed by atoms with van der Waals surface area (Å²) < 4.78 is 79.2. The number of hydrogen-bond acceptors (Lipinski definition) is 10. The number of amides is 1. The van der Waals surface area contributed by atoms with E-state index in [4.69, 9.17) is 14.2 Å². The van der Waals surface area contributed by atoms with Gasteiger partial charge >= 0.3 is 18.2 Å². The molecule has 0 spiro atoms. The summed E-state index contributed by atoms with van der Waals surface area (Å²) in [5, 5.41) is 3.35. The maximum atomic E-state index is 15.7. The first-order valence-electron chi connectivity index (χ1n) is 10.6. The van der Waals surface area contributed by atoms with Crippen LogP contribution in [0.15, 0.2) is 44.8 Å². The molecule has 3 aromatic rings. The van der Waals surface area contributed by atoms with E-state index in [0.29, 0.717) is 0 Å². The largest absolute Gasteiger partial charge is 0.493 e. The van der Waals surface area contributed by atoms with Crippen LogP contribution < -0.4 is 14.2 Å². The van der Waals surface area contributed by atoms with Crippen LogP contribution in [0.1, 0.15) is 11.5 Å². The Morgan fingerprint density at radius 3 is 2.37 bits per heavy atom. The van der Waals surface area contributed by atoms with Crippen LogP contribution in [0.4, 0.5) is 28.0 Å². The standard InChI is InChI=1S/C23H18F4N4O6S/c1-33-14-10-13(15(24)18-17(14)35-8-9-36-18)16(20(38-3)30-22(32)34-2)28-12-6-4-11(5-7-12)19-29-21(37-31-19)23(25,26)27/h4-7,10H,8-9H2,1-3H3/b28-16+,30-20-. The van der Waals surface area contributed by atoms with Gasteiger partial charge in [-0.1, -0.05) is 5.16 Å². The van der Waals surface area contributed by atoms with Gasteiger partial charge in [0.25, 0.3) is 0 Å². The van der Waals surface area contributed by atoms with Gasteiger partial charge in [0.15, 0.2) is 11.6 Å². The first-order chi connectivity index (χ1) is 18.2. The van der Waals surface area contributed by atoms with E-state index < -0.39 is 24.0 Å². The zero-order valence-electron chi connectivity index (χ0n) is 20.0. The van der Waals surface area contributed by atoms with Crippen LogP contribution in [0.3, 0.4) is 0 Å². The van der Waals surface area contributed by atoms with E-state index in [-0.39, 0.29) is 63.9 Å². The van der Waals surface area contributed by atoms with E-state index in [1.54, 1.807) is 6.26 Å². The van der Waals surface area contributed by atoms with E-state index in [1.807, 2.05) is 0 Å². The number of carbonyl (C=O) groups excluding carboxylic acids is 1. The average molecular weight is 554 g/mol. The maximum absolute atomic E-state index is 15.7. The molecule has 0 radical (unpaired) electrons. The molecule has 1 aliphatic heterocycles. The van der Waals surface area contributed by atoms with Crippen molar-refractivity contribution in [1.82, 2.24) is 10.1 Å². The molecule has 2 aromatic carbocycles. The lowest BCUT2D eigenvalue weighted by Crippen LogP contribution is -2.21. The molecule has 2 heterocycles. The van der Waals surface area contributed by atoms with Crippen LogP contribution >= 0.6 is 11.8 Å². The first-order valence-corrected chi connectivity index (χ1v) is 11.9. The molecule has 15 heteroatoms. The number of carbonyl (C=O) groups is 1. The van der Waals surface area contributed by atoms with E-state index in [1.165, 1.54) is 37.4 Å². The monoisotopic (exact) mass is 554 g/mol. The number of halogens is 4. The van der Waals surface area contributed by atoms with Crippen molar-refractivity contribution >= 4 is 34.3 Å². The molecule has 10 nitrogen and oxygen atoms in total. The van der Waals surface area contributed by atoms with Gasteiger partial charge in [-0.05, 0) is 36.6 Å². The van der Waals surface area contributed by atoms with Crippen molar-refractivity contribution in [3.05, 3.63) is 47.6 Å². The van der Waals surface area contributed by atoms with Gasteiger partial charge in [0.2, 0.25) is 17.3 Å². The quantitative estimate of drug-likeness (QED) is 0.235. The third-order valence-corrected chi connectivity index (χ3v) is 5.66. The van der Waals surface area contributed by atoms with Gasteiger partial charge in [0.1, 0.15) is 24.0 Å². The van der Waals surface area contributed by atoms with Crippen molar-refractivity contribution in [2.24, 2.45) is 9.98 Å². The molecule has 38 heavy (non-hydrogen) atoms. The zero-order chi connectivity index (χ0) is 27.4. The number of alkyl halides is 3. The Balaban J connectivity index is 1.82. The molecule has 0 saturated heterocycles. The lowest BCUT2D eigenvalue weighted by atomic mass is 10.1. The van der Waals surface area contributed by atoms with Crippen LogP contribution in [0, 0.1) is 5.82 Å². The number of fused-ring (bicyclic) bond motifs is 1. The predicted molar refractivity (Wildman–Crippen MR) is 128 cm³/mol. The minimum absolute atomic E-state index is 0.00606. The molecule has 0 atom stereocenters. The Hall–Kier alpha value is -4.14. The summed E-state index contributed by atoms with van der Waals surface area (Å²) in [4.78, 5) is 23.6. The summed E-state index contributed by atoms with van der Waals surface area (Å²) in [6.45, 7) is 0.294. The maximum Gasteiger partial charge on any atom is 0.471 e. The van der Waals surface area contributed by atoms with E-state index in [9.17, 15) is 18.0 Å². The Bertz CT molecular complexity index is 1410. The highest BCUT2D eigenvalue weighted by molar-refractivity contribution is 8.15. The highest BCUT2D eigenvalue weighted by Crippen LogP contribution is 2.43. The topological polar surface area (TPSA) is 118 Å². The Labute approximate surface area is 216 Å². The van der Waals surface area contributed by atoms with Crippen molar-refractivity contribution in [3.63, 3.8) is 0 Å². The molecule has 0 fully saturated rings. The van der Waals surface area contributed by atoms with Crippen LogP contribution in [-0.4, -0.2) is 60.7 Å². The van der Waals surface area contributed by atoms with Gasteiger partial charge in [0, 0.05) is 11.1 Å². The van der Waals surface area contributed by atoms with Crippen LogP contribution in [0.2, 0.25) is 0 Å². The highest BCUT2D eigenvalue weighted by atomic mass is 32.2. The van der Waals surface area contributed by atoms with Crippen molar-refractivity contribution in [2.75, 3.05) is 33.7 Å². The number of benzene rings is 2. The fourth-order valence-corrected chi connectivity index (χ4v) is 3.80. The molecule has 1 aromatic heterocycles. The summed E-state index contributed by atoms with van der Waals surface area (Å²) in [5.41, 5.74) is 0.274. The third kappa shape index (κ3) is 5.56. The van der Waals surface area contributed by atoms with Gasteiger partial charge in [-0.2, -0.15) is 23.1 Å². The second kappa shape index (κ2) is 11.1. The van der Waals surface area contributed by atoms with Crippen LogP contribution in [-0.2, 0) is 10.9 Å². The highest BCUT2D eigenvalue weighted by Gasteiger charge is 2.38. The number of nitrogens with zero attached hydrogens (tertiary/aromatic N) is 4. The van der Waals surface area contributed by atoms with E-state index >= 15 is 4.39 Å². The van der Waals surface area contributed by atoms with Gasteiger partial charge < -0.3 is 23.5 Å². The van der Waals surface area contributed by atoms with Gasteiger partial charge in [-0.25, -0.2) is 14.2 Å². The Morgan fingerprint density at radius 1 is 1.11 bits per heavy atom. The molecular weight excluding hydrogens is 536 g/mol. The lowest BCUT2D eigenvalue weighted by molar-refractivity contribution is -0.159. The Kier molecular flexibility index (Phi) is 7.85. The van der Waals surface area contributed by atoms with Crippen LogP contribution in [0.5, 0.6) is 17.2 Å². The molecule has 1 amide bonds. The molecule has 1 aliphatic rings. The predicted octanol–water partition coefficient (Wildman–Crippen LogP) is 5.32. The fourth-order valence-electron chi connectivity index (χ4n) is 3.29.